The third-order valence-corrected chi connectivity index (χ3v) is 7.90. The van der Waals surface area contributed by atoms with Gasteiger partial charge in [-0.1, -0.05) is 40.5 Å². The molecular weight excluding hydrogens is 456 g/mol. The van der Waals surface area contributed by atoms with Crippen molar-refractivity contribution in [2.75, 3.05) is 20.6 Å². The van der Waals surface area contributed by atoms with Crippen LogP contribution in [-0.4, -0.2) is 81.5 Å². The van der Waals surface area contributed by atoms with Gasteiger partial charge in [0, 0.05) is 24.9 Å². The molecule has 2 rings (SSSR count). The Morgan fingerprint density at radius 1 is 1.29 bits per heavy atom. The largest absolute Gasteiger partial charge is 0.476 e. The Hall–Kier alpha value is -2.04. The summed E-state index contributed by atoms with van der Waals surface area (Å²) in [5.74, 6) is -1.46. The maximum atomic E-state index is 13.6. The van der Waals surface area contributed by atoms with Gasteiger partial charge in [-0.2, -0.15) is 0 Å². The highest BCUT2D eigenvalue weighted by atomic mass is 32.1. The SMILES string of the molecule is CC[C@H](C)[C@H](NC(=O)[C@H]1CCCCN1C)C(=O)N(C)C(C[C@@H](O)c1nc(C(=O)O)cs1)C(C)C. The van der Waals surface area contributed by atoms with Crippen LogP contribution in [0.5, 0.6) is 0 Å². The first-order chi connectivity index (χ1) is 16.0. The number of thiazole rings is 1. The minimum atomic E-state index is -1.14. The summed E-state index contributed by atoms with van der Waals surface area (Å²) in [7, 11) is 3.65. The lowest BCUT2D eigenvalue weighted by molar-refractivity contribution is -0.141. The van der Waals surface area contributed by atoms with Crippen LogP contribution in [0.3, 0.4) is 0 Å². The van der Waals surface area contributed by atoms with E-state index in [0.29, 0.717) is 5.01 Å². The number of carbonyl (C=O) groups excluding carboxylic acids is 2. The molecule has 1 aliphatic rings. The Morgan fingerprint density at radius 3 is 2.50 bits per heavy atom. The standard InChI is InChI=1S/C24H40N4O5S/c1-7-15(4)20(26-21(30)17-10-8-9-11-27(17)5)23(31)28(6)18(14(2)3)12-19(29)22-25-16(13-34-22)24(32)33/h13-15,17-20,29H,7-12H2,1-6H3,(H,26,30)(H,32,33)/t15-,17+,18?,19+,20-/m0/s1. The molecule has 192 valence electrons. The van der Waals surface area contributed by atoms with E-state index in [1.54, 1.807) is 11.9 Å². The molecule has 0 bridgehead atoms. The third-order valence-electron chi connectivity index (χ3n) is 6.96. The van der Waals surface area contributed by atoms with Crippen molar-refractivity contribution in [3.8, 4) is 0 Å². The number of hydrogen-bond acceptors (Lipinski definition) is 7. The number of carboxylic acids is 1. The first kappa shape index (κ1) is 28.2. The van der Waals surface area contributed by atoms with Crippen LogP contribution >= 0.6 is 11.3 Å². The second-order valence-electron chi connectivity index (χ2n) is 9.75. The van der Waals surface area contributed by atoms with Crippen molar-refractivity contribution in [2.24, 2.45) is 11.8 Å². The molecule has 10 heteroatoms. The number of aromatic carboxylic acids is 1. The number of amides is 2. The quantitative estimate of drug-likeness (QED) is 0.430. The lowest BCUT2D eigenvalue weighted by Crippen LogP contribution is -2.58. The molecule has 0 radical (unpaired) electrons. The van der Waals surface area contributed by atoms with E-state index in [2.05, 4.69) is 10.3 Å². The van der Waals surface area contributed by atoms with Crippen LogP contribution < -0.4 is 5.32 Å². The van der Waals surface area contributed by atoms with E-state index in [-0.39, 0.29) is 47.8 Å². The zero-order valence-electron chi connectivity index (χ0n) is 21.2. The molecule has 1 aromatic heterocycles. The zero-order valence-corrected chi connectivity index (χ0v) is 22.0. The highest BCUT2D eigenvalue weighted by Crippen LogP contribution is 2.28. The van der Waals surface area contributed by atoms with Gasteiger partial charge in [0.05, 0.1) is 6.04 Å². The van der Waals surface area contributed by atoms with Gasteiger partial charge in [0.15, 0.2) is 5.69 Å². The minimum absolute atomic E-state index is 0.0280. The summed E-state index contributed by atoms with van der Waals surface area (Å²) in [6.45, 7) is 8.77. The molecule has 1 fully saturated rings. The lowest BCUT2D eigenvalue weighted by atomic mass is 9.92. The number of piperidine rings is 1. The number of hydrogen-bond donors (Lipinski definition) is 3. The first-order valence-electron chi connectivity index (χ1n) is 12.1. The second kappa shape index (κ2) is 12.6. The predicted molar refractivity (Wildman–Crippen MR) is 132 cm³/mol. The Kier molecular flexibility index (Phi) is 10.5. The number of aliphatic hydroxyl groups excluding tert-OH is 1. The molecule has 0 aromatic carbocycles. The van der Waals surface area contributed by atoms with Gasteiger partial charge < -0.3 is 20.4 Å². The number of aliphatic hydroxyl groups is 1. The molecule has 1 unspecified atom stereocenters. The van der Waals surface area contributed by atoms with Crippen LogP contribution in [0.4, 0.5) is 0 Å². The molecule has 3 N–H and O–H groups in total. The number of likely N-dealkylation sites (tertiary alicyclic amines) is 1. The Morgan fingerprint density at radius 2 is 1.97 bits per heavy atom. The number of nitrogens with zero attached hydrogens (tertiary/aromatic N) is 3. The maximum absolute atomic E-state index is 13.6. The van der Waals surface area contributed by atoms with Gasteiger partial charge in [0.1, 0.15) is 17.2 Å². The topological polar surface area (TPSA) is 123 Å². The summed E-state index contributed by atoms with van der Waals surface area (Å²) >= 11 is 1.09. The highest BCUT2D eigenvalue weighted by molar-refractivity contribution is 7.09. The first-order valence-corrected chi connectivity index (χ1v) is 13.0. The summed E-state index contributed by atoms with van der Waals surface area (Å²) in [6.07, 6.45) is 2.82. The Bertz CT molecular complexity index is 845. The fraction of sp³-hybridized carbons (Fsp3) is 0.750. The summed E-state index contributed by atoms with van der Waals surface area (Å²) in [5.41, 5.74) is -0.100. The van der Waals surface area contributed by atoms with Crippen LogP contribution in [0.25, 0.3) is 0 Å². The van der Waals surface area contributed by atoms with Crippen molar-refractivity contribution in [1.82, 2.24) is 20.1 Å². The van der Waals surface area contributed by atoms with Gasteiger partial charge >= 0.3 is 5.97 Å². The number of nitrogens with one attached hydrogen (secondary N) is 1. The van der Waals surface area contributed by atoms with Gasteiger partial charge in [-0.05, 0) is 38.3 Å². The average molecular weight is 497 g/mol. The summed E-state index contributed by atoms with van der Waals surface area (Å²) in [5, 5.41) is 24.6. The molecule has 1 aromatic rings. The monoisotopic (exact) mass is 496 g/mol. The number of likely N-dealkylation sites (N-methyl/N-ethyl adjacent to an activating group) is 2. The molecule has 0 aliphatic carbocycles. The van der Waals surface area contributed by atoms with Crippen LogP contribution in [0.2, 0.25) is 0 Å². The molecule has 0 saturated carbocycles. The summed E-state index contributed by atoms with van der Waals surface area (Å²) in [4.78, 5) is 45.5. The molecular formula is C24H40N4O5S. The van der Waals surface area contributed by atoms with Crippen LogP contribution in [0.15, 0.2) is 5.38 Å². The van der Waals surface area contributed by atoms with Gasteiger partial charge in [-0.25, -0.2) is 9.78 Å². The smallest absolute Gasteiger partial charge is 0.355 e. The third kappa shape index (κ3) is 6.99. The van der Waals surface area contributed by atoms with E-state index in [0.717, 1.165) is 43.6 Å². The van der Waals surface area contributed by atoms with Gasteiger partial charge in [0.25, 0.3) is 0 Å². The number of aromatic nitrogens is 1. The van der Waals surface area contributed by atoms with Crippen molar-refractivity contribution in [3.05, 3.63) is 16.1 Å². The molecule has 2 amide bonds. The average Bonchev–Trinajstić information content (AvgIpc) is 3.30. The second-order valence-corrected chi connectivity index (χ2v) is 10.6. The van der Waals surface area contributed by atoms with E-state index in [1.807, 2.05) is 39.6 Å². The molecule has 0 spiro atoms. The summed E-state index contributed by atoms with van der Waals surface area (Å²) < 4.78 is 0. The van der Waals surface area contributed by atoms with Crippen molar-refractivity contribution < 1.29 is 24.6 Å². The van der Waals surface area contributed by atoms with E-state index in [4.69, 9.17) is 5.11 Å². The molecule has 2 heterocycles. The molecule has 9 nitrogen and oxygen atoms in total. The van der Waals surface area contributed by atoms with Gasteiger partial charge in [0.2, 0.25) is 11.8 Å². The van der Waals surface area contributed by atoms with Crippen molar-refractivity contribution in [3.63, 3.8) is 0 Å². The molecule has 34 heavy (non-hydrogen) atoms. The van der Waals surface area contributed by atoms with Gasteiger partial charge in [-0.15, -0.1) is 11.3 Å². The zero-order chi connectivity index (χ0) is 25.6. The van der Waals surface area contributed by atoms with Crippen LogP contribution in [-0.2, 0) is 9.59 Å². The van der Waals surface area contributed by atoms with E-state index >= 15 is 0 Å². The van der Waals surface area contributed by atoms with Crippen LogP contribution in [0, 0.1) is 11.8 Å². The van der Waals surface area contributed by atoms with Crippen molar-refractivity contribution in [1.29, 1.82) is 0 Å². The molecule has 1 saturated heterocycles. The van der Waals surface area contributed by atoms with E-state index in [9.17, 15) is 19.5 Å². The normalized spacial score (nSPS) is 20.4. The summed E-state index contributed by atoms with van der Waals surface area (Å²) in [6, 6.07) is -1.20. The number of carboxylic acid groups (broad SMARTS) is 1. The van der Waals surface area contributed by atoms with Crippen molar-refractivity contribution in [2.45, 2.75) is 84.0 Å². The van der Waals surface area contributed by atoms with Crippen LogP contribution in [0.1, 0.15) is 81.4 Å². The fourth-order valence-electron chi connectivity index (χ4n) is 4.47. The Balaban J connectivity index is 2.16. The van der Waals surface area contributed by atoms with E-state index < -0.39 is 18.1 Å². The molecule has 1 aliphatic heterocycles. The predicted octanol–water partition coefficient (Wildman–Crippen LogP) is 2.76. The van der Waals surface area contributed by atoms with E-state index in [1.165, 1.54) is 5.38 Å². The Labute approximate surface area is 206 Å². The highest BCUT2D eigenvalue weighted by Gasteiger charge is 2.36. The maximum Gasteiger partial charge on any atom is 0.355 e. The lowest BCUT2D eigenvalue weighted by Gasteiger charge is -2.38. The van der Waals surface area contributed by atoms with Gasteiger partial charge in [-0.3, -0.25) is 14.5 Å². The number of carbonyl (C=O) groups is 3. The fourth-order valence-corrected chi connectivity index (χ4v) is 5.26. The van der Waals surface area contributed by atoms with Crippen molar-refractivity contribution >= 4 is 29.1 Å². The minimum Gasteiger partial charge on any atom is -0.476 e. The molecule has 5 atom stereocenters. The number of rotatable bonds is 11.